The zero-order valence-electron chi connectivity index (χ0n) is 75.0. The van der Waals surface area contributed by atoms with E-state index in [2.05, 4.69) is 19.9 Å². The Hall–Kier alpha value is -16.2. The lowest BCUT2D eigenvalue weighted by atomic mass is 10.2. The number of hydrogen-bond acceptors (Lipinski definition) is 20. The molecule has 0 aliphatic rings. The molecule has 0 fully saturated rings. The van der Waals surface area contributed by atoms with Gasteiger partial charge in [0.2, 0.25) is 0 Å². The fourth-order valence-corrected chi connectivity index (χ4v) is 21.9. The van der Waals surface area contributed by atoms with Crippen molar-refractivity contribution in [2.75, 3.05) is 0 Å². The van der Waals surface area contributed by atoms with Gasteiger partial charge in [0.25, 0.3) is 86.0 Å². The van der Waals surface area contributed by atoms with Crippen LogP contribution in [0.2, 0.25) is 30.1 Å². The van der Waals surface area contributed by atoms with Gasteiger partial charge in [-0.3, -0.25) is 38.4 Å². The molecule has 0 unspecified atom stereocenters. The second kappa shape index (κ2) is 39.1. The molecule has 0 bridgehead atoms. The van der Waals surface area contributed by atoms with Crippen LogP contribution in [0.25, 0.3) is 110 Å². The predicted molar refractivity (Wildman–Crippen MR) is 546 cm³/mol. The SMILES string of the molecule is Cc1cc(F)ccc1S(=O)(=O)NC(=O)c1c(-n2c(=O)[nH]c3ccccc3c2=O)c2cc(Cl)ccc2n1C.Cn1c(C(=O)NS(=O)(=O)c2cc(Cl)ccc2F)c(-n2c(=O)[nH]c3ccccc3c2=O)c2cc(Cl)ccc21.Cn1c(C(=O)NS(=O)(=O)c2ccc(Cl)cc2)c(-n2c(=O)[nH]c3ccccc3c2=O)c2cc(Cl)ccc21.Cn1c(C(=O)NS(=O)(=O)c2ccc(F)cc2)c(-n2c(=O)[nH]c3ccccc3c2=O)c2cc(Cl)ccc21. The highest BCUT2D eigenvalue weighted by Gasteiger charge is 2.36. The van der Waals surface area contributed by atoms with E-state index in [-0.39, 0.29) is 129 Å². The van der Waals surface area contributed by atoms with Crippen LogP contribution in [-0.4, -0.2) is 114 Å². The molecule has 12 aromatic carbocycles. The minimum absolute atomic E-state index is 0.0663. The highest BCUT2D eigenvalue weighted by molar-refractivity contribution is 7.91. The van der Waals surface area contributed by atoms with E-state index in [4.69, 9.17) is 69.6 Å². The summed E-state index contributed by atoms with van der Waals surface area (Å²) in [7, 11) is -12.0. The van der Waals surface area contributed by atoms with Gasteiger partial charge in [-0.25, -0.2) is 103 Å². The summed E-state index contributed by atoms with van der Waals surface area (Å²) >= 11 is 36.4. The van der Waals surface area contributed by atoms with Crippen LogP contribution < -0.4 is 63.9 Å². The molecule has 0 radical (unpaired) electrons. The molecule has 20 aromatic rings. The highest BCUT2D eigenvalue weighted by atomic mass is 35.5. The molecule has 0 saturated carbocycles. The van der Waals surface area contributed by atoms with Crippen LogP contribution in [0.3, 0.4) is 0 Å². The molecule has 0 saturated heterocycles. The largest absolute Gasteiger partial charge is 0.338 e. The molecule has 20 rings (SSSR count). The standard InChI is InChI=1S/C25H18ClFN4O5S.C24H15Cl2FN4O5S.C24H16Cl2N4O5S.C24H16ClFN4O5S/c1-13-11-15(27)8-10-20(13)37(35,36)29-23(32)22-21(17-12-14(26)7-9-19(17)30(22)2)31-24(33)16-5-3-4-6-18(16)28-25(31)34;1-30-18-9-7-12(25)10-15(18)20(31-23(33)14-4-2-3-5-17(14)28-24(31)34)21(30)22(32)29-37(35,36)19-11-13(26)6-8-16(19)27;1-29-19-11-8-14(26)12-17(19)20(30-23(32)16-4-2-3-5-18(16)27-24(30)33)21(29)22(31)28-36(34,35)15-9-6-13(25)7-10-15;1-29-19-11-6-13(25)12-17(19)20(30-23(32)16-4-2-3-5-18(16)27-24(30)33)21(29)22(31)28-36(34,35)15-9-7-14(26)8-10-15/h3-12H,1-2H3,(H,28,34)(H,29,32);2-11H,1H3,(H,28,34)(H,29,32);2*2-12H,1H3,(H,27,33)(H,28,31). The number of benzene rings is 12. The van der Waals surface area contributed by atoms with Crippen LogP contribution in [-0.2, 0) is 68.3 Å². The summed E-state index contributed by atoms with van der Waals surface area (Å²) in [6.07, 6.45) is 0. The predicted octanol–water partition coefficient (Wildman–Crippen LogP) is 13.8. The number of halogens is 9. The van der Waals surface area contributed by atoms with Gasteiger partial charge in [0.15, 0.2) is 0 Å². The van der Waals surface area contributed by atoms with Gasteiger partial charge in [0, 0.05) is 79.9 Å². The van der Waals surface area contributed by atoms with Crippen molar-refractivity contribution >= 4 is 221 Å². The Morgan fingerprint density at radius 2 is 0.521 bits per heavy atom. The van der Waals surface area contributed by atoms with Gasteiger partial charge >= 0.3 is 22.8 Å². The molecular weight excluding hydrogens is 2110 g/mol. The summed E-state index contributed by atoms with van der Waals surface area (Å²) in [5, 5.41) is 3.14. The van der Waals surface area contributed by atoms with Crippen molar-refractivity contribution < 1.29 is 66.0 Å². The van der Waals surface area contributed by atoms with Crippen molar-refractivity contribution in [2.45, 2.75) is 26.5 Å². The lowest BCUT2D eigenvalue weighted by Gasteiger charge is -2.12. The number of aromatic amines is 4. The maximum absolute atomic E-state index is 14.3. The monoisotopic (exact) mass is 2170 g/mol. The smallest absolute Gasteiger partial charge is 0.333 e. The first-order chi connectivity index (χ1) is 69.1. The van der Waals surface area contributed by atoms with Crippen molar-refractivity contribution in [1.82, 2.24) is 75.4 Å². The Bertz CT molecular complexity index is 9840. The molecule has 740 valence electrons. The zero-order chi connectivity index (χ0) is 105. The lowest BCUT2D eigenvalue weighted by Crippen LogP contribution is -2.37. The van der Waals surface area contributed by atoms with Crippen LogP contribution in [0.1, 0.15) is 47.5 Å². The number of hydrogen-bond donors (Lipinski definition) is 8. The third-order valence-electron chi connectivity index (χ3n) is 23.3. The summed E-state index contributed by atoms with van der Waals surface area (Å²) in [5.41, 5.74) is -4.97. The number of fused-ring (bicyclic) bond motifs is 8. The number of sulfonamides is 4. The van der Waals surface area contributed by atoms with E-state index in [1.807, 2.05) is 18.9 Å². The Morgan fingerprint density at radius 1 is 0.274 bits per heavy atom. The minimum atomic E-state index is -4.75. The molecule has 146 heavy (non-hydrogen) atoms. The van der Waals surface area contributed by atoms with Crippen molar-refractivity contribution in [1.29, 1.82) is 0 Å². The quantitative estimate of drug-likeness (QED) is 0.0445. The van der Waals surface area contributed by atoms with Crippen molar-refractivity contribution in [3.05, 3.63) is 414 Å². The zero-order valence-corrected chi connectivity index (χ0v) is 82.8. The number of H-pyrrole nitrogens is 4. The van der Waals surface area contributed by atoms with Crippen LogP contribution in [0.5, 0.6) is 0 Å². The maximum atomic E-state index is 14.3. The third kappa shape index (κ3) is 18.9. The third-order valence-corrected chi connectivity index (χ3v) is 30.2. The molecular formula is C97H65Cl6F3N16O20S4. The van der Waals surface area contributed by atoms with E-state index in [0.717, 1.165) is 78.9 Å². The average Bonchev–Trinajstić information content (AvgIpc) is 1.59. The highest BCUT2D eigenvalue weighted by Crippen LogP contribution is 2.37. The first-order valence-electron chi connectivity index (χ1n) is 42.3. The molecule has 0 spiro atoms. The number of para-hydroxylation sites is 4. The number of carbonyl (C=O) groups excluding carboxylic acids is 4. The molecule has 8 N–H and O–H groups in total. The topological polar surface area (TPSA) is 492 Å². The number of rotatable bonds is 16. The molecule has 8 heterocycles. The lowest BCUT2D eigenvalue weighted by molar-refractivity contribution is 0.0964. The number of carbonyl (C=O) groups is 4. The molecule has 36 nitrogen and oxygen atoms in total. The van der Waals surface area contributed by atoms with Crippen LogP contribution in [0.4, 0.5) is 13.2 Å². The van der Waals surface area contributed by atoms with E-state index in [1.165, 1.54) is 132 Å². The van der Waals surface area contributed by atoms with E-state index in [0.29, 0.717) is 54.0 Å². The van der Waals surface area contributed by atoms with E-state index in [9.17, 15) is 104 Å². The number of nitrogens with one attached hydrogen (secondary N) is 8. The number of nitrogens with zero attached hydrogens (tertiary/aromatic N) is 8. The maximum Gasteiger partial charge on any atom is 0.333 e. The minimum Gasteiger partial charge on any atom is -0.338 e. The van der Waals surface area contributed by atoms with Crippen molar-refractivity contribution in [2.24, 2.45) is 28.2 Å². The van der Waals surface area contributed by atoms with Crippen LogP contribution >= 0.6 is 69.6 Å². The molecule has 0 aliphatic carbocycles. The van der Waals surface area contributed by atoms with Gasteiger partial charge in [0.05, 0.1) is 103 Å². The number of aryl methyl sites for hydroxylation is 5. The number of aromatic nitrogens is 12. The summed E-state index contributed by atoms with van der Waals surface area (Å²) in [6.45, 7) is 1.39. The second-order valence-corrected chi connectivity index (χ2v) is 41.6. The van der Waals surface area contributed by atoms with Gasteiger partial charge in [-0.15, -0.1) is 0 Å². The fourth-order valence-electron chi connectivity index (χ4n) is 16.7. The summed E-state index contributed by atoms with van der Waals surface area (Å²) in [6, 6.07) is 58.8. The second-order valence-electron chi connectivity index (χ2n) is 32.3. The Labute approximate surface area is 847 Å². The van der Waals surface area contributed by atoms with Gasteiger partial charge in [-0.2, -0.15) is 0 Å². The fraction of sp³-hybridized carbons (Fsp3) is 0.0515. The first kappa shape index (κ1) is 101. The van der Waals surface area contributed by atoms with E-state index in [1.54, 1.807) is 115 Å². The Kier molecular flexibility index (Phi) is 27.1. The normalized spacial score (nSPS) is 11.8. The van der Waals surface area contributed by atoms with Crippen molar-refractivity contribution in [3.8, 4) is 22.7 Å². The van der Waals surface area contributed by atoms with E-state index >= 15 is 0 Å². The van der Waals surface area contributed by atoms with Gasteiger partial charge in [-0.1, -0.05) is 118 Å². The first-order valence-corrected chi connectivity index (χ1v) is 50.5. The summed E-state index contributed by atoms with van der Waals surface area (Å²) in [5.74, 6) is -6.89. The van der Waals surface area contributed by atoms with E-state index < -0.39 is 131 Å². The van der Waals surface area contributed by atoms with Crippen LogP contribution in [0.15, 0.2) is 313 Å². The number of amides is 4. The Balaban J connectivity index is 0.000000133. The molecule has 49 heteroatoms. The molecule has 4 amide bonds. The molecule has 0 atom stereocenters. The van der Waals surface area contributed by atoms with Gasteiger partial charge in [-0.05, 0) is 219 Å². The Morgan fingerprint density at radius 3 is 0.815 bits per heavy atom. The summed E-state index contributed by atoms with van der Waals surface area (Å²) in [4.78, 5) is 169. The average molecular weight is 2170 g/mol. The van der Waals surface area contributed by atoms with Gasteiger partial charge in [0.1, 0.15) is 45.1 Å². The van der Waals surface area contributed by atoms with Gasteiger partial charge < -0.3 is 38.2 Å². The molecule has 8 aromatic heterocycles. The van der Waals surface area contributed by atoms with Crippen LogP contribution in [0, 0.1) is 24.4 Å². The summed E-state index contributed by atoms with van der Waals surface area (Å²) < 4.78 is 161. The van der Waals surface area contributed by atoms with Crippen molar-refractivity contribution in [3.63, 3.8) is 0 Å². The molecule has 0 aliphatic heterocycles.